The van der Waals surface area contributed by atoms with Crippen LogP contribution in [0.5, 0.6) is 0 Å². The van der Waals surface area contributed by atoms with Crippen LogP contribution in [0, 0.1) is 0 Å². The molecule has 1 aliphatic carbocycles. The van der Waals surface area contributed by atoms with E-state index in [4.69, 9.17) is 4.74 Å². The lowest BCUT2D eigenvalue weighted by Crippen LogP contribution is -2.10. The Morgan fingerprint density at radius 2 is 2.11 bits per heavy atom. The van der Waals surface area contributed by atoms with E-state index in [-0.39, 0.29) is 0 Å². The van der Waals surface area contributed by atoms with Crippen molar-refractivity contribution in [1.82, 2.24) is 14.8 Å². The van der Waals surface area contributed by atoms with Gasteiger partial charge in [0.15, 0.2) is 0 Å². The quantitative estimate of drug-likeness (QED) is 0.788. The second-order valence-electron chi connectivity index (χ2n) is 4.70. The third-order valence-electron chi connectivity index (χ3n) is 3.43. The van der Waals surface area contributed by atoms with Crippen molar-refractivity contribution in [2.75, 3.05) is 7.11 Å². The minimum absolute atomic E-state index is 0.419. The molecule has 0 radical (unpaired) electrons. The Kier molecular flexibility index (Phi) is 3.42. The van der Waals surface area contributed by atoms with Gasteiger partial charge in [-0.2, -0.15) is 5.10 Å². The summed E-state index contributed by atoms with van der Waals surface area (Å²) >= 11 is 0. The first-order valence-electron chi connectivity index (χ1n) is 6.52. The summed E-state index contributed by atoms with van der Waals surface area (Å²) in [5.74, 6) is 0. The van der Waals surface area contributed by atoms with E-state index < -0.39 is 0 Å². The van der Waals surface area contributed by atoms with Gasteiger partial charge in [-0.25, -0.2) is 0 Å². The Balaban J connectivity index is 2.00. The number of allylic oxidation sites excluding steroid dienone is 2. The molecule has 3 rings (SSSR count). The molecule has 2 aromatic rings. The molecule has 4 nitrogen and oxygen atoms in total. The van der Waals surface area contributed by atoms with Crippen molar-refractivity contribution in [3.05, 3.63) is 48.3 Å². The van der Waals surface area contributed by atoms with Crippen LogP contribution in [0.2, 0.25) is 0 Å². The van der Waals surface area contributed by atoms with Crippen LogP contribution in [-0.4, -0.2) is 21.9 Å². The highest BCUT2D eigenvalue weighted by atomic mass is 16.5. The van der Waals surface area contributed by atoms with Gasteiger partial charge in [0.2, 0.25) is 0 Å². The van der Waals surface area contributed by atoms with Crippen molar-refractivity contribution in [2.24, 2.45) is 0 Å². The van der Waals surface area contributed by atoms with Crippen LogP contribution in [-0.2, 0) is 11.3 Å². The maximum absolute atomic E-state index is 5.25. The highest BCUT2D eigenvalue weighted by Gasteiger charge is 2.19. The van der Waals surface area contributed by atoms with Gasteiger partial charge in [-0.3, -0.25) is 9.67 Å². The molecule has 0 bridgehead atoms. The number of aromatic nitrogens is 3. The highest BCUT2D eigenvalue weighted by Crippen LogP contribution is 2.29. The van der Waals surface area contributed by atoms with Gasteiger partial charge >= 0.3 is 0 Å². The minimum Gasteiger partial charge on any atom is -0.380 e. The number of methoxy groups -OCH3 is 1. The zero-order valence-corrected chi connectivity index (χ0v) is 11.0. The van der Waals surface area contributed by atoms with E-state index in [1.165, 1.54) is 0 Å². The van der Waals surface area contributed by atoms with E-state index in [2.05, 4.69) is 33.0 Å². The SMILES string of the molecule is COCc1cccnc1-c1ccnn1C1CC=CC1. The van der Waals surface area contributed by atoms with Gasteiger partial charge < -0.3 is 4.74 Å². The molecule has 0 saturated carbocycles. The second kappa shape index (κ2) is 5.36. The molecule has 0 aromatic carbocycles. The summed E-state index contributed by atoms with van der Waals surface area (Å²) in [7, 11) is 1.70. The zero-order chi connectivity index (χ0) is 13.1. The van der Waals surface area contributed by atoms with E-state index in [9.17, 15) is 0 Å². The van der Waals surface area contributed by atoms with Gasteiger partial charge in [-0.05, 0) is 25.0 Å². The van der Waals surface area contributed by atoms with E-state index in [0.717, 1.165) is 29.8 Å². The predicted molar refractivity (Wildman–Crippen MR) is 73.6 cm³/mol. The van der Waals surface area contributed by atoms with Crippen molar-refractivity contribution in [2.45, 2.75) is 25.5 Å². The van der Waals surface area contributed by atoms with E-state index >= 15 is 0 Å². The standard InChI is InChI=1S/C15H17N3O/c1-19-11-12-5-4-9-16-15(12)14-8-10-17-18(14)13-6-2-3-7-13/h2-5,8-10,13H,6-7,11H2,1H3. The lowest BCUT2D eigenvalue weighted by Gasteiger charge is -2.15. The molecule has 4 heteroatoms. The van der Waals surface area contributed by atoms with Crippen LogP contribution in [0.4, 0.5) is 0 Å². The van der Waals surface area contributed by atoms with Crippen molar-refractivity contribution in [1.29, 1.82) is 0 Å². The minimum atomic E-state index is 0.419. The third-order valence-corrected chi connectivity index (χ3v) is 3.43. The number of pyridine rings is 1. The number of hydrogen-bond acceptors (Lipinski definition) is 3. The molecule has 0 atom stereocenters. The Hall–Kier alpha value is -1.94. The normalized spacial score (nSPS) is 15.2. The molecule has 0 N–H and O–H groups in total. The Labute approximate surface area is 112 Å². The fourth-order valence-corrected chi connectivity index (χ4v) is 2.54. The number of ether oxygens (including phenoxy) is 1. The summed E-state index contributed by atoms with van der Waals surface area (Å²) in [5.41, 5.74) is 3.13. The second-order valence-corrected chi connectivity index (χ2v) is 4.70. The summed E-state index contributed by atoms with van der Waals surface area (Å²) in [4.78, 5) is 4.51. The van der Waals surface area contributed by atoms with Crippen LogP contribution in [0.25, 0.3) is 11.4 Å². The summed E-state index contributed by atoms with van der Waals surface area (Å²) < 4.78 is 7.33. The molecule has 0 spiro atoms. The molecule has 0 unspecified atom stereocenters. The highest BCUT2D eigenvalue weighted by molar-refractivity contribution is 5.58. The summed E-state index contributed by atoms with van der Waals surface area (Å²) in [5, 5.41) is 4.47. The van der Waals surface area contributed by atoms with Crippen molar-refractivity contribution in [3.8, 4) is 11.4 Å². The average molecular weight is 255 g/mol. The first-order chi connectivity index (χ1) is 9.40. The fourth-order valence-electron chi connectivity index (χ4n) is 2.54. The zero-order valence-electron chi connectivity index (χ0n) is 11.0. The van der Waals surface area contributed by atoms with Gasteiger partial charge in [0.05, 0.1) is 24.0 Å². The largest absolute Gasteiger partial charge is 0.380 e. The maximum Gasteiger partial charge on any atom is 0.0938 e. The van der Waals surface area contributed by atoms with Gasteiger partial charge in [0.25, 0.3) is 0 Å². The van der Waals surface area contributed by atoms with Crippen LogP contribution in [0.3, 0.4) is 0 Å². The molecule has 0 saturated heterocycles. The lowest BCUT2D eigenvalue weighted by atomic mass is 10.1. The van der Waals surface area contributed by atoms with Crippen LogP contribution < -0.4 is 0 Å². The molecular weight excluding hydrogens is 238 g/mol. The van der Waals surface area contributed by atoms with Gasteiger partial charge in [-0.15, -0.1) is 0 Å². The summed E-state index contributed by atoms with van der Waals surface area (Å²) in [6.45, 7) is 0.567. The smallest absolute Gasteiger partial charge is 0.0938 e. The molecular formula is C15H17N3O. The average Bonchev–Trinajstić information content (AvgIpc) is 3.10. The molecule has 0 fully saturated rings. The van der Waals surface area contributed by atoms with Crippen LogP contribution >= 0.6 is 0 Å². The first kappa shape index (κ1) is 12.1. The van der Waals surface area contributed by atoms with Crippen LogP contribution in [0.15, 0.2) is 42.7 Å². The van der Waals surface area contributed by atoms with Crippen LogP contribution in [0.1, 0.15) is 24.4 Å². The summed E-state index contributed by atoms with van der Waals surface area (Å²) in [6, 6.07) is 6.44. The molecule has 2 aromatic heterocycles. The van der Waals surface area contributed by atoms with E-state index in [0.29, 0.717) is 12.6 Å². The van der Waals surface area contributed by atoms with Gasteiger partial charge in [0.1, 0.15) is 0 Å². The number of hydrogen-bond donors (Lipinski definition) is 0. The molecule has 0 amide bonds. The Morgan fingerprint density at radius 3 is 2.89 bits per heavy atom. The van der Waals surface area contributed by atoms with Crippen molar-refractivity contribution >= 4 is 0 Å². The fraction of sp³-hybridized carbons (Fsp3) is 0.333. The topological polar surface area (TPSA) is 39.9 Å². The predicted octanol–water partition coefficient (Wildman–Crippen LogP) is 2.98. The lowest BCUT2D eigenvalue weighted by molar-refractivity contribution is 0.185. The summed E-state index contributed by atoms with van der Waals surface area (Å²) in [6.07, 6.45) is 10.2. The molecule has 2 heterocycles. The van der Waals surface area contributed by atoms with Crippen molar-refractivity contribution in [3.63, 3.8) is 0 Å². The maximum atomic E-state index is 5.25. The van der Waals surface area contributed by atoms with E-state index in [1.54, 1.807) is 7.11 Å². The molecule has 19 heavy (non-hydrogen) atoms. The van der Waals surface area contributed by atoms with Gasteiger partial charge in [0, 0.05) is 25.1 Å². The van der Waals surface area contributed by atoms with Crippen molar-refractivity contribution < 1.29 is 4.74 Å². The molecule has 0 aliphatic heterocycles. The number of nitrogens with zero attached hydrogens (tertiary/aromatic N) is 3. The van der Waals surface area contributed by atoms with E-state index in [1.807, 2.05) is 24.5 Å². The molecule has 98 valence electrons. The third kappa shape index (κ3) is 2.31. The Bertz CT molecular complexity index is 581. The number of rotatable bonds is 4. The first-order valence-corrected chi connectivity index (χ1v) is 6.52. The molecule has 1 aliphatic rings. The van der Waals surface area contributed by atoms with Gasteiger partial charge in [-0.1, -0.05) is 18.2 Å². The monoisotopic (exact) mass is 255 g/mol. The Morgan fingerprint density at radius 1 is 1.26 bits per heavy atom.